The number of carbonyl (C=O) groups excluding carboxylic acids is 2. The van der Waals surface area contributed by atoms with Gasteiger partial charge in [-0.15, -0.1) is 0 Å². The average molecular weight is 483 g/mol. The van der Waals surface area contributed by atoms with Gasteiger partial charge in [0.05, 0.1) is 10.6 Å². The Morgan fingerprint density at radius 1 is 0.938 bits per heavy atom. The van der Waals surface area contributed by atoms with Gasteiger partial charge in [0.15, 0.2) is 0 Å². The van der Waals surface area contributed by atoms with Gasteiger partial charge >= 0.3 is 12.2 Å². The van der Waals surface area contributed by atoms with Crippen molar-refractivity contribution < 1.29 is 28.0 Å². The van der Waals surface area contributed by atoms with E-state index in [9.17, 15) is 22.8 Å². The predicted molar refractivity (Wildman–Crippen MR) is 113 cm³/mol. The van der Waals surface area contributed by atoms with Crippen LogP contribution in [0.5, 0.6) is 0 Å². The summed E-state index contributed by atoms with van der Waals surface area (Å²) in [5, 5.41) is 13.1. The summed E-state index contributed by atoms with van der Waals surface area (Å²) < 4.78 is 38.8. The van der Waals surface area contributed by atoms with Crippen LogP contribution in [0.4, 0.5) is 29.3 Å². The first-order chi connectivity index (χ1) is 15.2. The van der Waals surface area contributed by atoms with Gasteiger partial charge in [0.25, 0.3) is 5.91 Å². The van der Waals surface area contributed by atoms with Crippen molar-refractivity contribution in [1.82, 2.24) is 10.5 Å². The second-order valence-corrected chi connectivity index (χ2v) is 7.77. The molecule has 166 valence electrons. The molecule has 0 atom stereocenters. The van der Waals surface area contributed by atoms with Gasteiger partial charge in [-0.3, -0.25) is 15.0 Å². The predicted octanol–water partition coefficient (Wildman–Crippen LogP) is 5.67. The molecular weight excluding hydrogens is 469 g/mol. The monoisotopic (exact) mass is 482 g/mol. The topological polar surface area (TPSA) is 103 Å². The van der Waals surface area contributed by atoms with Crippen molar-refractivity contribution in [3.8, 4) is 0 Å². The maximum atomic E-state index is 12.9. The van der Waals surface area contributed by atoms with Crippen LogP contribution >= 0.6 is 23.4 Å². The summed E-state index contributed by atoms with van der Waals surface area (Å²) >= 11 is 6.88. The summed E-state index contributed by atoms with van der Waals surface area (Å²) in [7, 11) is 0. The molecular formula is C20H14ClF3N4O3S. The van der Waals surface area contributed by atoms with Gasteiger partial charge < -0.3 is 10.6 Å². The number of amides is 3. The van der Waals surface area contributed by atoms with Gasteiger partial charge in [0, 0.05) is 27.4 Å². The van der Waals surface area contributed by atoms with E-state index >= 15 is 0 Å². The molecule has 0 aliphatic rings. The van der Waals surface area contributed by atoms with E-state index in [1.54, 1.807) is 30.3 Å². The number of hydroxylamine groups is 1. The molecule has 32 heavy (non-hydrogen) atoms. The maximum absolute atomic E-state index is 12.9. The Balaban J connectivity index is 1.62. The number of pyridine rings is 1. The molecule has 0 radical (unpaired) electrons. The van der Waals surface area contributed by atoms with E-state index in [0.717, 1.165) is 17.0 Å². The molecule has 0 aliphatic carbocycles. The summed E-state index contributed by atoms with van der Waals surface area (Å²) in [4.78, 5) is 28.9. The third kappa shape index (κ3) is 6.13. The molecule has 3 rings (SSSR count). The summed E-state index contributed by atoms with van der Waals surface area (Å²) in [6.07, 6.45) is -3.22. The molecule has 4 N–H and O–H groups in total. The molecule has 0 bridgehead atoms. The summed E-state index contributed by atoms with van der Waals surface area (Å²) in [5.41, 5.74) is 0.853. The molecule has 0 saturated carbocycles. The zero-order valence-corrected chi connectivity index (χ0v) is 17.5. The fourth-order valence-corrected chi connectivity index (χ4v) is 3.58. The minimum Gasteiger partial charge on any atom is -0.308 e. The molecule has 3 amide bonds. The maximum Gasteiger partial charge on any atom is 0.417 e. The zero-order chi connectivity index (χ0) is 23.3. The van der Waals surface area contributed by atoms with Crippen LogP contribution < -0.4 is 16.1 Å². The Hall–Kier alpha value is -3.28. The molecule has 12 heteroatoms. The van der Waals surface area contributed by atoms with E-state index in [0.29, 0.717) is 10.6 Å². The lowest BCUT2D eigenvalue weighted by molar-refractivity contribution is -0.137. The number of nitrogens with zero attached hydrogens (tertiary/aromatic N) is 1. The number of benzene rings is 2. The van der Waals surface area contributed by atoms with E-state index in [4.69, 9.17) is 16.8 Å². The van der Waals surface area contributed by atoms with Crippen LogP contribution in [0.2, 0.25) is 5.02 Å². The Morgan fingerprint density at radius 2 is 1.59 bits per heavy atom. The van der Waals surface area contributed by atoms with E-state index in [1.807, 2.05) is 0 Å². The molecule has 0 unspecified atom stereocenters. The van der Waals surface area contributed by atoms with Crippen molar-refractivity contribution in [2.45, 2.75) is 16.0 Å². The van der Waals surface area contributed by atoms with Crippen molar-refractivity contribution in [2.24, 2.45) is 0 Å². The van der Waals surface area contributed by atoms with Crippen LogP contribution in [0.15, 0.2) is 70.6 Å². The second-order valence-electron chi connectivity index (χ2n) is 6.22. The highest BCUT2D eigenvalue weighted by Crippen LogP contribution is 2.36. The van der Waals surface area contributed by atoms with Crippen LogP contribution in [0.3, 0.4) is 0 Å². The number of alkyl halides is 3. The molecule has 1 aromatic heterocycles. The second kappa shape index (κ2) is 9.90. The fourth-order valence-electron chi connectivity index (χ4n) is 2.51. The van der Waals surface area contributed by atoms with Gasteiger partial charge in [-0.1, -0.05) is 23.4 Å². The number of aromatic nitrogens is 1. The van der Waals surface area contributed by atoms with Crippen LogP contribution in [0.25, 0.3) is 0 Å². The lowest BCUT2D eigenvalue weighted by Gasteiger charge is -2.12. The average Bonchev–Trinajstić information content (AvgIpc) is 2.75. The summed E-state index contributed by atoms with van der Waals surface area (Å²) in [6.45, 7) is 0. The minimum absolute atomic E-state index is 0.0448. The van der Waals surface area contributed by atoms with Gasteiger partial charge in [-0.25, -0.2) is 10.3 Å². The minimum atomic E-state index is -4.64. The number of nitrogens with one attached hydrogen (secondary N) is 3. The molecule has 0 fully saturated rings. The smallest absolute Gasteiger partial charge is 0.308 e. The Morgan fingerprint density at radius 3 is 2.25 bits per heavy atom. The third-order valence-electron chi connectivity index (χ3n) is 3.94. The summed E-state index contributed by atoms with van der Waals surface area (Å²) in [6, 6.07) is 12.1. The number of hydrogen-bond donors (Lipinski definition) is 4. The van der Waals surface area contributed by atoms with Crippen LogP contribution in [0, 0.1) is 0 Å². The van der Waals surface area contributed by atoms with Crippen molar-refractivity contribution in [1.29, 1.82) is 0 Å². The Kier molecular flexibility index (Phi) is 7.23. The van der Waals surface area contributed by atoms with E-state index in [1.165, 1.54) is 35.6 Å². The van der Waals surface area contributed by atoms with Gasteiger partial charge in [-0.05, 0) is 54.6 Å². The number of rotatable bonds is 5. The molecule has 0 aliphatic heterocycles. The van der Waals surface area contributed by atoms with Gasteiger partial charge in [0.2, 0.25) is 0 Å². The lowest BCUT2D eigenvalue weighted by atomic mass is 10.2. The van der Waals surface area contributed by atoms with E-state index in [-0.39, 0.29) is 11.4 Å². The standard InChI is InChI=1S/C20H14ClF3N4O3S/c21-16-6-3-12(9-15(16)20(22,23)24)27-19(30)26-11-1-4-13(5-2-11)32-14-7-8-25-17(10-14)18(29)28-31/h1-10,31H,(H,28,29)(H2,26,27,30). The number of anilines is 2. The molecule has 1 heterocycles. The number of urea groups is 1. The summed E-state index contributed by atoms with van der Waals surface area (Å²) in [5.74, 6) is -0.735. The number of carbonyl (C=O) groups is 2. The third-order valence-corrected chi connectivity index (χ3v) is 5.27. The van der Waals surface area contributed by atoms with Crippen molar-refractivity contribution in [3.63, 3.8) is 0 Å². The first-order valence-corrected chi connectivity index (χ1v) is 9.98. The molecule has 0 spiro atoms. The molecule has 0 saturated heterocycles. The van der Waals surface area contributed by atoms with Crippen LogP contribution in [-0.4, -0.2) is 22.1 Å². The van der Waals surface area contributed by atoms with Crippen molar-refractivity contribution in [2.75, 3.05) is 10.6 Å². The molecule has 2 aromatic carbocycles. The van der Waals surface area contributed by atoms with Gasteiger partial charge in [-0.2, -0.15) is 13.2 Å². The van der Waals surface area contributed by atoms with Crippen molar-refractivity contribution >= 4 is 46.7 Å². The van der Waals surface area contributed by atoms with Crippen LogP contribution in [-0.2, 0) is 6.18 Å². The van der Waals surface area contributed by atoms with Gasteiger partial charge in [0.1, 0.15) is 5.69 Å². The SMILES string of the molecule is O=C(Nc1ccc(Sc2ccnc(C(=O)NO)c2)cc1)Nc1ccc(Cl)c(C(F)(F)F)c1. The normalized spacial score (nSPS) is 11.0. The first-order valence-electron chi connectivity index (χ1n) is 8.79. The highest BCUT2D eigenvalue weighted by atomic mass is 35.5. The van der Waals surface area contributed by atoms with E-state index < -0.39 is 28.7 Å². The fraction of sp³-hybridized carbons (Fsp3) is 0.0500. The van der Waals surface area contributed by atoms with E-state index in [2.05, 4.69) is 15.6 Å². The zero-order valence-electron chi connectivity index (χ0n) is 15.9. The lowest BCUT2D eigenvalue weighted by Crippen LogP contribution is -2.20. The first kappa shape index (κ1) is 23.4. The largest absolute Gasteiger partial charge is 0.417 e. The van der Waals surface area contributed by atoms with Crippen molar-refractivity contribution in [3.05, 3.63) is 77.1 Å². The molecule has 7 nitrogen and oxygen atoms in total. The highest BCUT2D eigenvalue weighted by molar-refractivity contribution is 7.99. The number of hydrogen-bond acceptors (Lipinski definition) is 5. The molecule has 3 aromatic rings. The quantitative estimate of drug-likeness (QED) is 0.277. The number of halogens is 4. The Bertz CT molecular complexity index is 1140. The van der Waals surface area contributed by atoms with Crippen LogP contribution in [0.1, 0.15) is 16.1 Å². The highest BCUT2D eigenvalue weighted by Gasteiger charge is 2.33. The Labute approximate surface area is 189 Å².